The third-order valence-corrected chi connectivity index (χ3v) is 5.76. The van der Waals surface area contributed by atoms with Crippen molar-refractivity contribution in [3.63, 3.8) is 0 Å². The van der Waals surface area contributed by atoms with Gasteiger partial charge in [0.25, 0.3) is 5.91 Å². The minimum atomic E-state index is -1.16. The van der Waals surface area contributed by atoms with E-state index in [9.17, 15) is 29.6 Å². The zero-order valence-electron chi connectivity index (χ0n) is 18.2. The van der Waals surface area contributed by atoms with Crippen LogP contribution in [0.1, 0.15) is 43.1 Å². The van der Waals surface area contributed by atoms with Crippen LogP contribution < -0.4 is 11.1 Å². The van der Waals surface area contributed by atoms with E-state index in [1.54, 1.807) is 13.8 Å². The predicted octanol–water partition coefficient (Wildman–Crippen LogP) is 3.24. The molecule has 1 fully saturated rings. The van der Waals surface area contributed by atoms with Gasteiger partial charge >= 0.3 is 6.09 Å². The van der Waals surface area contributed by atoms with Gasteiger partial charge in [0.2, 0.25) is 0 Å². The van der Waals surface area contributed by atoms with Crippen molar-refractivity contribution >= 4 is 23.5 Å². The molecule has 0 bridgehead atoms. The normalized spacial score (nSPS) is 20.5. The van der Waals surface area contributed by atoms with Crippen LogP contribution in [-0.2, 0) is 0 Å². The third-order valence-electron chi connectivity index (χ3n) is 5.76. The summed E-state index contributed by atoms with van der Waals surface area (Å²) in [5.41, 5.74) is 5.22. The average Bonchev–Trinajstić information content (AvgIpc) is 3.18. The zero-order valence-corrected chi connectivity index (χ0v) is 18.2. The molecule has 2 heterocycles. The number of anilines is 2. The van der Waals surface area contributed by atoms with Gasteiger partial charge in [-0.2, -0.15) is 15.6 Å². The summed E-state index contributed by atoms with van der Waals surface area (Å²) in [5, 5.41) is 36.4. The molecule has 3 atom stereocenters. The maximum atomic E-state index is 13.2. The summed E-state index contributed by atoms with van der Waals surface area (Å²) in [7, 11) is 0. The number of aromatic nitrogens is 2. The fourth-order valence-electron chi connectivity index (χ4n) is 4.08. The van der Waals surface area contributed by atoms with Gasteiger partial charge in [0.15, 0.2) is 5.82 Å². The maximum absolute atomic E-state index is 13.2. The summed E-state index contributed by atoms with van der Waals surface area (Å²) in [5.74, 6) is -1.85. The van der Waals surface area contributed by atoms with E-state index < -0.39 is 41.2 Å². The van der Waals surface area contributed by atoms with Gasteiger partial charge in [-0.25, -0.2) is 9.18 Å². The van der Waals surface area contributed by atoms with Crippen molar-refractivity contribution in [3.8, 4) is 12.1 Å². The molecule has 33 heavy (non-hydrogen) atoms. The highest BCUT2D eigenvalue weighted by Crippen LogP contribution is 2.39. The van der Waals surface area contributed by atoms with Crippen LogP contribution in [0.15, 0.2) is 30.5 Å². The first-order valence-electron chi connectivity index (χ1n) is 10.3. The molecule has 0 spiro atoms. The van der Waals surface area contributed by atoms with Gasteiger partial charge in [-0.05, 0) is 51.0 Å². The SMILES string of the molecule is CC(C)(C#N)CC1C(C#N)C(n2cc(C(N)=O)c(Nc3ccc(F)cc3)n2)CCN1C(=O)O. The lowest BCUT2D eigenvalue weighted by molar-refractivity contribution is 0.0522. The second-order valence-electron chi connectivity index (χ2n) is 8.62. The Morgan fingerprint density at radius 3 is 2.55 bits per heavy atom. The van der Waals surface area contributed by atoms with Crippen LogP contribution in [0.3, 0.4) is 0 Å². The Bertz CT molecular complexity index is 1130. The number of hydrogen-bond donors (Lipinski definition) is 3. The largest absolute Gasteiger partial charge is 0.465 e. The molecular formula is C22H24FN7O3. The molecule has 3 unspecified atom stereocenters. The van der Waals surface area contributed by atoms with Crippen molar-refractivity contribution in [3.05, 3.63) is 41.8 Å². The molecule has 2 amide bonds. The molecule has 11 heteroatoms. The molecule has 1 aromatic carbocycles. The Labute approximate surface area is 190 Å². The van der Waals surface area contributed by atoms with Gasteiger partial charge in [0.1, 0.15) is 11.4 Å². The molecule has 1 aliphatic heterocycles. The first-order valence-corrected chi connectivity index (χ1v) is 10.3. The summed E-state index contributed by atoms with van der Waals surface area (Å²) in [6, 6.07) is 8.51. The first kappa shape index (κ1) is 23.5. The number of likely N-dealkylation sites (tertiary alicyclic amines) is 1. The number of amides is 2. The highest BCUT2D eigenvalue weighted by Gasteiger charge is 2.44. The van der Waals surface area contributed by atoms with Gasteiger partial charge in [-0.15, -0.1) is 0 Å². The summed E-state index contributed by atoms with van der Waals surface area (Å²) in [6.45, 7) is 3.51. The van der Waals surface area contributed by atoms with Crippen LogP contribution >= 0.6 is 0 Å². The van der Waals surface area contributed by atoms with Crippen LogP contribution in [0.4, 0.5) is 20.7 Å². The summed E-state index contributed by atoms with van der Waals surface area (Å²) >= 11 is 0. The van der Waals surface area contributed by atoms with E-state index in [0.29, 0.717) is 5.69 Å². The van der Waals surface area contributed by atoms with Crippen LogP contribution in [0, 0.1) is 39.8 Å². The van der Waals surface area contributed by atoms with Crippen LogP contribution in [0.5, 0.6) is 0 Å². The molecule has 0 saturated carbocycles. The van der Waals surface area contributed by atoms with E-state index in [0.717, 1.165) is 0 Å². The zero-order chi connectivity index (χ0) is 24.3. The van der Waals surface area contributed by atoms with Gasteiger partial charge < -0.3 is 21.1 Å². The van der Waals surface area contributed by atoms with Gasteiger partial charge in [0.05, 0.1) is 35.6 Å². The lowest BCUT2D eigenvalue weighted by Crippen LogP contribution is -2.52. The van der Waals surface area contributed by atoms with E-state index in [1.807, 2.05) is 0 Å². The molecule has 3 rings (SSSR count). The second kappa shape index (κ2) is 9.17. The summed E-state index contributed by atoms with van der Waals surface area (Å²) < 4.78 is 14.7. The highest BCUT2D eigenvalue weighted by atomic mass is 19.1. The molecular weight excluding hydrogens is 429 g/mol. The van der Waals surface area contributed by atoms with E-state index in [-0.39, 0.29) is 30.8 Å². The number of carboxylic acid groups (broad SMARTS) is 1. The van der Waals surface area contributed by atoms with Gasteiger partial charge in [-0.1, -0.05) is 0 Å². The highest BCUT2D eigenvalue weighted by molar-refractivity contribution is 5.98. The number of hydrogen-bond acceptors (Lipinski definition) is 6. The van der Waals surface area contributed by atoms with Crippen LogP contribution in [0.2, 0.25) is 0 Å². The summed E-state index contributed by atoms with van der Waals surface area (Å²) in [6.07, 6.45) is 0.704. The lowest BCUT2D eigenvalue weighted by Gasteiger charge is -2.43. The molecule has 2 aromatic rings. The minimum absolute atomic E-state index is 0.0746. The molecule has 4 N–H and O–H groups in total. The molecule has 1 aromatic heterocycles. The Hall–Kier alpha value is -4.12. The van der Waals surface area contributed by atoms with Crippen molar-refractivity contribution in [1.82, 2.24) is 14.7 Å². The van der Waals surface area contributed by atoms with Crippen molar-refractivity contribution < 1.29 is 19.1 Å². The van der Waals surface area contributed by atoms with Crippen molar-refractivity contribution in [2.75, 3.05) is 11.9 Å². The topological polar surface area (TPSA) is 161 Å². The molecule has 0 aliphatic carbocycles. The first-order chi connectivity index (χ1) is 15.6. The number of halogens is 1. The number of benzene rings is 1. The quantitative estimate of drug-likeness (QED) is 0.605. The second-order valence-corrected chi connectivity index (χ2v) is 8.62. The van der Waals surface area contributed by atoms with Gasteiger partial charge in [0, 0.05) is 18.4 Å². The Balaban J connectivity index is 1.98. The van der Waals surface area contributed by atoms with E-state index in [4.69, 9.17) is 5.73 Å². The monoisotopic (exact) mass is 453 g/mol. The van der Waals surface area contributed by atoms with E-state index >= 15 is 0 Å². The molecule has 0 radical (unpaired) electrons. The fraction of sp³-hybridized carbons (Fsp3) is 0.409. The van der Waals surface area contributed by atoms with Gasteiger partial charge in [-0.3, -0.25) is 9.48 Å². The number of nitriles is 2. The number of carbonyl (C=O) groups is 2. The van der Waals surface area contributed by atoms with Crippen LogP contribution in [0.25, 0.3) is 0 Å². The van der Waals surface area contributed by atoms with E-state index in [1.165, 1.54) is 40.0 Å². The number of carbonyl (C=O) groups excluding carboxylic acids is 1. The van der Waals surface area contributed by atoms with E-state index in [2.05, 4.69) is 22.6 Å². The Morgan fingerprint density at radius 1 is 1.33 bits per heavy atom. The molecule has 172 valence electrons. The average molecular weight is 453 g/mol. The number of nitrogens with zero attached hydrogens (tertiary/aromatic N) is 5. The minimum Gasteiger partial charge on any atom is -0.465 e. The smallest absolute Gasteiger partial charge is 0.407 e. The number of nitrogens with two attached hydrogens (primary N) is 1. The third kappa shape index (κ3) is 5.04. The molecule has 1 aliphatic rings. The van der Waals surface area contributed by atoms with Crippen LogP contribution in [-0.4, -0.2) is 44.4 Å². The summed E-state index contributed by atoms with van der Waals surface area (Å²) in [4.78, 5) is 25.1. The number of rotatable bonds is 6. The van der Waals surface area contributed by atoms with Crippen molar-refractivity contribution in [1.29, 1.82) is 10.5 Å². The van der Waals surface area contributed by atoms with Crippen molar-refractivity contribution in [2.45, 2.75) is 38.8 Å². The lowest BCUT2D eigenvalue weighted by atomic mass is 9.77. The van der Waals surface area contributed by atoms with Crippen molar-refractivity contribution in [2.24, 2.45) is 17.1 Å². The number of nitrogens with one attached hydrogen (secondary N) is 1. The number of primary amides is 1. The molecule has 10 nitrogen and oxygen atoms in total. The fourth-order valence-corrected chi connectivity index (χ4v) is 4.08. The molecule has 1 saturated heterocycles. The predicted molar refractivity (Wildman–Crippen MR) is 116 cm³/mol. The maximum Gasteiger partial charge on any atom is 0.407 e. The standard InChI is InChI=1S/C22H24FN7O3/c1-22(2,12-25)9-18-15(10-24)17(7-8-29(18)21(32)33)30-11-16(19(26)31)20(28-30)27-14-5-3-13(23)4-6-14/h3-6,11,15,17-18H,7-9H2,1-2H3,(H2,26,31)(H,27,28)(H,32,33). The Kier molecular flexibility index (Phi) is 6.54. The Morgan fingerprint density at radius 2 is 2.00 bits per heavy atom. The number of piperidine rings is 1.